The summed E-state index contributed by atoms with van der Waals surface area (Å²) in [5.41, 5.74) is 0.902. The quantitative estimate of drug-likeness (QED) is 0.561. The lowest BCUT2D eigenvalue weighted by molar-refractivity contribution is -0.117. The van der Waals surface area contributed by atoms with Crippen LogP contribution in [0.4, 0.5) is 5.82 Å². The first kappa shape index (κ1) is 22.4. The Labute approximate surface area is 191 Å². The minimum absolute atomic E-state index is 0.165. The number of pyridine rings is 1. The Morgan fingerprint density at radius 1 is 1.03 bits per heavy atom. The molecule has 0 saturated carbocycles. The highest BCUT2D eigenvalue weighted by Crippen LogP contribution is 2.19. The van der Waals surface area contributed by atoms with Crippen LogP contribution in [-0.4, -0.2) is 71.0 Å². The molecule has 11 heteroatoms. The number of hydrogen-bond acceptors (Lipinski definition) is 6. The lowest BCUT2D eigenvalue weighted by atomic mass is 10.2. The molecule has 2 aromatic heterocycles. The fraction of sp³-hybridized carbons (Fsp3) is 0.286. The van der Waals surface area contributed by atoms with Crippen molar-refractivity contribution >= 4 is 33.3 Å². The van der Waals surface area contributed by atoms with E-state index in [1.54, 1.807) is 23.0 Å². The molecule has 9 nitrogen and oxygen atoms in total. The van der Waals surface area contributed by atoms with Crippen LogP contribution in [0.3, 0.4) is 0 Å². The Morgan fingerprint density at radius 3 is 2.53 bits per heavy atom. The van der Waals surface area contributed by atoms with Crippen molar-refractivity contribution in [3.8, 4) is 0 Å². The molecule has 1 fully saturated rings. The molecule has 0 radical (unpaired) electrons. The van der Waals surface area contributed by atoms with Gasteiger partial charge in [0.2, 0.25) is 15.9 Å². The van der Waals surface area contributed by atoms with Gasteiger partial charge in [0.05, 0.1) is 19.3 Å². The summed E-state index contributed by atoms with van der Waals surface area (Å²) in [6, 6.07) is 12.4. The number of amides is 1. The highest BCUT2D eigenvalue weighted by atomic mass is 35.5. The first-order valence-corrected chi connectivity index (χ1v) is 11.9. The van der Waals surface area contributed by atoms with Gasteiger partial charge >= 0.3 is 0 Å². The fourth-order valence-electron chi connectivity index (χ4n) is 3.52. The predicted molar refractivity (Wildman–Crippen MR) is 121 cm³/mol. The van der Waals surface area contributed by atoms with Crippen molar-refractivity contribution in [2.24, 2.45) is 0 Å². The van der Waals surface area contributed by atoms with Gasteiger partial charge in [-0.3, -0.25) is 14.7 Å². The molecule has 32 heavy (non-hydrogen) atoms. The largest absolute Gasteiger partial charge is 0.310 e. The van der Waals surface area contributed by atoms with Gasteiger partial charge in [-0.1, -0.05) is 29.8 Å². The Hall–Kier alpha value is -2.79. The van der Waals surface area contributed by atoms with Crippen LogP contribution < -0.4 is 5.32 Å². The second-order valence-electron chi connectivity index (χ2n) is 7.38. The van der Waals surface area contributed by atoms with Gasteiger partial charge in [0.15, 0.2) is 0 Å². The molecule has 1 aliphatic heterocycles. The first-order valence-electron chi connectivity index (χ1n) is 10.1. The summed E-state index contributed by atoms with van der Waals surface area (Å²) in [5.74, 6) is 0.391. The number of hydrogen-bond donors (Lipinski definition) is 1. The van der Waals surface area contributed by atoms with E-state index in [4.69, 9.17) is 11.6 Å². The van der Waals surface area contributed by atoms with Gasteiger partial charge in [0, 0.05) is 49.7 Å². The van der Waals surface area contributed by atoms with Gasteiger partial charge in [-0.15, -0.1) is 0 Å². The van der Waals surface area contributed by atoms with Crippen molar-refractivity contribution in [2.45, 2.75) is 11.4 Å². The molecule has 0 spiro atoms. The molecule has 168 valence electrons. The van der Waals surface area contributed by atoms with E-state index >= 15 is 0 Å². The smallest absolute Gasteiger partial charge is 0.244 e. The van der Waals surface area contributed by atoms with E-state index in [1.807, 2.05) is 29.2 Å². The van der Waals surface area contributed by atoms with Gasteiger partial charge < -0.3 is 5.32 Å². The molecular weight excluding hydrogens is 452 g/mol. The molecule has 0 unspecified atom stereocenters. The van der Waals surface area contributed by atoms with Crippen molar-refractivity contribution in [3.63, 3.8) is 0 Å². The van der Waals surface area contributed by atoms with Crippen LogP contribution in [0.25, 0.3) is 0 Å². The molecule has 0 bridgehead atoms. The zero-order valence-electron chi connectivity index (χ0n) is 17.3. The molecule has 1 aromatic carbocycles. The lowest BCUT2D eigenvalue weighted by Crippen LogP contribution is -2.50. The average Bonchev–Trinajstić information content (AvgIpc) is 3.22. The second-order valence-corrected chi connectivity index (χ2v) is 9.73. The number of halogens is 1. The standard InChI is InChI=1S/C21H23ClN6O3S/c22-19-6-2-1-4-17(19)15-28-20(7-9-24-28)25-21(29)16-26-10-12-27(13-11-26)32(30,31)18-5-3-8-23-14-18/h1-9,14H,10-13,15-16H2,(H,25,29). The number of nitrogens with one attached hydrogen (secondary N) is 1. The third-order valence-corrected chi connectivity index (χ3v) is 7.48. The summed E-state index contributed by atoms with van der Waals surface area (Å²) in [6.45, 7) is 2.16. The minimum atomic E-state index is -3.57. The van der Waals surface area contributed by atoms with Crippen LogP contribution in [0.5, 0.6) is 0 Å². The summed E-state index contributed by atoms with van der Waals surface area (Å²) in [6.07, 6.45) is 4.51. The van der Waals surface area contributed by atoms with Crippen molar-refractivity contribution in [2.75, 3.05) is 38.0 Å². The highest BCUT2D eigenvalue weighted by Gasteiger charge is 2.29. The molecule has 3 aromatic rings. The SMILES string of the molecule is O=C(CN1CCN(S(=O)(=O)c2cccnc2)CC1)Nc1ccnn1Cc1ccccc1Cl. The molecule has 4 rings (SSSR count). The number of carbonyl (C=O) groups excluding carboxylic acids is 1. The summed E-state index contributed by atoms with van der Waals surface area (Å²) < 4.78 is 28.5. The van der Waals surface area contributed by atoms with Crippen LogP contribution in [0, 0.1) is 0 Å². The molecule has 1 aliphatic rings. The number of sulfonamides is 1. The van der Waals surface area contributed by atoms with Crippen molar-refractivity contribution in [1.29, 1.82) is 0 Å². The van der Waals surface area contributed by atoms with Gasteiger partial charge in [-0.2, -0.15) is 9.40 Å². The summed E-state index contributed by atoms with van der Waals surface area (Å²) in [7, 11) is -3.57. The molecule has 1 amide bonds. The minimum Gasteiger partial charge on any atom is -0.310 e. The Bertz CT molecular complexity index is 1180. The maximum absolute atomic E-state index is 12.7. The van der Waals surface area contributed by atoms with E-state index in [1.165, 1.54) is 22.8 Å². The van der Waals surface area contributed by atoms with Crippen molar-refractivity contribution in [1.82, 2.24) is 24.0 Å². The Kier molecular flexibility index (Phi) is 6.85. The van der Waals surface area contributed by atoms with Gasteiger partial charge in [-0.05, 0) is 23.8 Å². The van der Waals surface area contributed by atoms with Gasteiger partial charge in [0.1, 0.15) is 10.7 Å². The Morgan fingerprint density at radius 2 is 1.81 bits per heavy atom. The van der Waals surface area contributed by atoms with Crippen LogP contribution in [0.1, 0.15) is 5.56 Å². The molecule has 3 heterocycles. The topological polar surface area (TPSA) is 100 Å². The predicted octanol–water partition coefficient (Wildman–Crippen LogP) is 1.92. The molecule has 0 aliphatic carbocycles. The monoisotopic (exact) mass is 474 g/mol. The number of nitrogens with zero attached hydrogens (tertiary/aromatic N) is 5. The molecule has 1 saturated heterocycles. The van der Waals surface area contributed by atoms with E-state index in [-0.39, 0.29) is 17.3 Å². The van der Waals surface area contributed by atoms with Crippen molar-refractivity contribution in [3.05, 3.63) is 71.6 Å². The number of piperazine rings is 1. The van der Waals surface area contributed by atoms with Crippen LogP contribution in [0.15, 0.2) is 66.0 Å². The van der Waals surface area contributed by atoms with Crippen molar-refractivity contribution < 1.29 is 13.2 Å². The number of carbonyl (C=O) groups is 1. The second kappa shape index (κ2) is 9.78. The van der Waals surface area contributed by atoms with Crippen LogP contribution >= 0.6 is 11.6 Å². The maximum Gasteiger partial charge on any atom is 0.244 e. The number of aromatic nitrogens is 3. The lowest BCUT2D eigenvalue weighted by Gasteiger charge is -2.33. The number of benzene rings is 1. The number of anilines is 1. The first-order chi connectivity index (χ1) is 15.4. The summed E-state index contributed by atoms with van der Waals surface area (Å²) in [4.78, 5) is 18.6. The molecular formula is C21H23ClN6O3S. The fourth-order valence-corrected chi connectivity index (χ4v) is 5.10. The summed E-state index contributed by atoms with van der Waals surface area (Å²) >= 11 is 6.23. The molecule has 0 atom stereocenters. The zero-order chi connectivity index (χ0) is 22.6. The van der Waals surface area contributed by atoms with E-state index in [2.05, 4.69) is 15.4 Å². The van der Waals surface area contributed by atoms with E-state index in [0.717, 1.165) is 5.56 Å². The Balaban J connectivity index is 1.31. The van der Waals surface area contributed by atoms with Crippen LogP contribution in [0.2, 0.25) is 5.02 Å². The normalized spacial score (nSPS) is 15.5. The van der Waals surface area contributed by atoms with Gasteiger partial charge in [-0.25, -0.2) is 13.1 Å². The zero-order valence-corrected chi connectivity index (χ0v) is 18.8. The highest BCUT2D eigenvalue weighted by molar-refractivity contribution is 7.89. The third kappa shape index (κ3) is 5.16. The average molecular weight is 475 g/mol. The van der Waals surface area contributed by atoms with E-state index in [0.29, 0.717) is 43.6 Å². The third-order valence-electron chi connectivity index (χ3n) is 5.23. The van der Waals surface area contributed by atoms with Gasteiger partial charge in [0.25, 0.3) is 0 Å². The van der Waals surface area contributed by atoms with E-state index < -0.39 is 10.0 Å². The van der Waals surface area contributed by atoms with E-state index in [9.17, 15) is 13.2 Å². The van der Waals surface area contributed by atoms with Crippen LogP contribution in [-0.2, 0) is 21.4 Å². The molecule has 1 N–H and O–H groups in total. The number of rotatable bonds is 7. The summed E-state index contributed by atoms with van der Waals surface area (Å²) in [5, 5.41) is 7.79. The maximum atomic E-state index is 12.7.